The summed E-state index contributed by atoms with van der Waals surface area (Å²) in [6.45, 7) is 0. The molecule has 3 aromatic rings. The maximum atomic E-state index is 13.3. The zero-order valence-electron chi connectivity index (χ0n) is 13.0. The number of aromatic nitrogens is 3. The Balaban J connectivity index is 2.10. The lowest BCUT2D eigenvalue weighted by molar-refractivity contribution is -0.136. The van der Waals surface area contributed by atoms with Crippen molar-refractivity contribution in [3.05, 3.63) is 66.2 Å². The van der Waals surface area contributed by atoms with Crippen LogP contribution in [-0.2, 0) is 6.18 Å². The van der Waals surface area contributed by atoms with Gasteiger partial charge in [-0.15, -0.1) is 0 Å². The van der Waals surface area contributed by atoms with Crippen LogP contribution in [0.4, 0.5) is 24.7 Å². The van der Waals surface area contributed by atoms with Crippen LogP contribution in [0.1, 0.15) is 15.9 Å². The number of hydrogen-bond donors (Lipinski definition) is 2. The first-order chi connectivity index (χ1) is 12.4. The number of nitrogens with one attached hydrogen (secondary N) is 1. The van der Waals surface area contributed by atoms with Crippen molar-refractivity contribution in [2.45, 2.75) is 6.18 Å². The standard InChI is InChI=1S/C17H11F3N4O2/c18-17(19,20)12-4-3-10(16(25)26)8-14(12)24-15-11(2-1-6-22-15)13-5-7-21-9-23-13/h1-9H,(H,22,24)(H,25,26). The van der Waals surface area contributed by atoms with Gasteiger partial charge < -0.3 is 10.4 Å². The van der Waals surface area contributed by atoms with E-state index in [0.717, 1.165) is 18.2 Å². The number of hydrogen-bond acceptors (Lipinski definition) is 5. The number of nitrogens with zero attached hydrogens (tertiary/aromatic N) is 3. The minimum Gasteiger partial charge on any atom is -0.478 e. The summed E-state index contributed by atoms with van der Waals surface area (Å²) in [5.74, 6) is -1.22. The molecule has 0 bridgehead atoms. The van der Waals surface area contributed by atoms with Crippen molar-refractivity contribution in [2.75, 3.05) is 5.32 Å². The molecular formula is C17H11F3N4O2. The van der Waals surface area contributed by atoms with Crippen molar-refractivity contribution in [2.24, 2.45) is 0 Å². The van der Waals surface area contributed by atoms with Gasteiger partial charge in [-0.3, -0.25) is 0 Å². The molecule has 0 fully saturated rings. The van der Waals surface area contributed by atoms with Crippen LogP contribution in [0.3, 0.4) is 0 Å². The van der Waals surface area contributed by atoms with E-state index in [1.165, 1.54) is 18.7 Å². The number of aromatic carboxylic acids is 1. The van der Waals surface area contributed by atoms with E-state index < -0.39 is 23.4 Å². The summed E-state index contributed by atoms with van der Waals surface area (Å²) in [7, 11) is 0. The Labute approximate surface area is 145 Å². The van der Waals surface area contributed by atoms with Gasteiger partial charge in [0.2, 0.25) is 0 Å². The predicted molar refractivity (Wildman–Crippen MR) is 86.9 cm³/mol. The van der Waals surface area contributed by atoms with Crippen molar-refractivity contribution in [1.29, 1.82) is 0 Å². The van der Waals surface area contributed by atoms with Gasteiger partial charge in [-0.05, 0) is 36.4 Å². The molecule has 1 aromatic carbocycles. The second-order valence-corrected chi connectivity index (χ2v) is 5.18. The smallest absolute Gasteiger partial charge is 0.418 e. The van der Waals surface area contributed by atoms with Crippen LogP contribution >= 0.6 is 0 Å². The second-order valence-electron chi connectivity index (χ2n) is 5.18. The molecule has 0 saturated carbocycles. The fourth-order valence-corrected chi connectivity index (χ4v) is 2.32. The quantitative estimate of drug-likeness (QED) is 0.731. The van der Waals surface area contributed by atoms with Crippen LogP contribution in [-0.4, -0.2) is 26.0 Å². The lowest BCUT2D eigenvalue weighted by Crippen LogP contribution is -2.11. The van der Waals surface area contributed by atoms with Crippen molar-refractivity contribution in [3.8, 4) is 11.3 Å². The van der Waals surface area contributed by atoms with Crippen molar-refractivity contribution in [3.63, 3.8) is 0 Å². The van der Waals surface area contributed by atoms with Gasteiger partial charge in [0.15, 0.2) is 0 Å². The molecule has 0 spiro atoms. The lowest BCUT2D eigenvalue weighted by Gasteiger charge is -2.16. The molecule has 0 unspecified atom stereocenters. The molecule has 0 aliphatic rings. The van der Waals surface area contributed by atoms with Gasteiger partial charge in [-0.25, -0.2) is 19.7 Å². The van der Waals surface area contributed by atoms with Crippen LogP contribution in [0, 0.1) is 0 Å². The molecule has 6 nitrogen and oxygen atoms in total. The number of pyridine rings is 1. The van der Waals surface area contributed by atoms with Crippen LogP contribution in [0.25, 0.3) is 11.3 Å². The largest absolute Gasteiger partial charge is 0.478 e. The van der Waals surface area contributed by atoms with E-state index in [0.29, 0.717) is 11.3 Å². The van der Waals surface area contributed by atoms with Gasteiger partial charge in [0, 0.05) is 18.0 Å². The van der Waals surface area contributed by atoms with Crippen LogP contribution in [0.5, 0.6) is 0 Å². The normalized spacial score (nSPS) is 11.2. The van der Waals surface area contributed by atoms with E-state index in [4.69, 9.17) is 5.11 Å². The van der Waals surface area contributed by atoms with Crippen molar-refractivity contribution in [1.82, 2.24) is 15.0 Å². The van der Waals surface area contributed by atoms with E-state index in [1.54, 1.807) is 18.2 Å². The maximum Gasteiger partial charge on any atom is 0.418 e. The molecule has 132 valence electrons. The summed E-state index contributed by atoms with van der Waals surface area (Å²) in [6.07, 6.45) is -0.464. The van der Waals surface area contributed by atoms with E-state index in [1.807, 2.05) is 0 Å². The molecule has 0 saturated heterocycles. The Morgan fingerprint density at radius 1 is 1.08 bits per heavy atom. The van der Waals surface area contributed by atoms with Gasteiger partial charge in [0.1, 0.15) is 12.1 Å². The third-order valence-corrected chi connectivity index (χ3v) is 3.49. The number of alkyl halides is 3. The fourth-order valence-electron chi connectivity index (χ4n) is 2.32. The molecule has 2 heterocycles. The maximum absolute atomic E-state index is 13.3. The van der Waals surface area contributed by atoms with Crippen LogP contribution in [0.15, 0.2) is 55.1 Å². The molecule has 0 amide bonds. The van der Waals surface area contributed by atoms with Gasteiger partial charge in [-0.2, -0.15) is 13.2 Å². The average Bonchev–Trinajstić information content (AvgIpc) is 2.62. The number of carboxylic acid groups (broad SMARTS) is 1. The third kappa shape index (κ3) is 3.61. The lowest BCUT2D eigenvalue weighted by atomic mass is 10.1. The highest BCUT2D eigenvalue weighted by atomic mass is 19.4. The Morgan fingerprint density at radius 3 is 2.54 bits per heavy atom. The molecular weight excluding hydrogens is 349 g/mol. The zero-order valence-corrected chi connectivity index (χ0v) is 13.0. The highest BCUT2D eigenvalue weighted by Gasteiger charge is 2.34. The summed E-state index contributed by atoms with van der Waals surface area (Å²) in [5, 5.41) is 11.6. The molecule has 26 heavy (non-hydrogen) atoms. The first-order valence-electron chi connectivity index (χ1n) is 7.29. The Hall–Kier alpha value is -3.49. The summed E-state index contributed by atoms with van der Waals surface area (Å²) in [5.41, 5.74) is -0.782. The number of benzene rings is 1. The molecule has 0 aliphatic heterocycles. The third-order valence-electron chi connectivity index (χ3n) is 3.49. The number of rotatable bonds is 4. The molecule has 0 atom stereocenters. The van der Waals surface area contributed by atoms with Crippen molar-refractivity contribution < 1.29 is 23.1 Å². The summed E-state index contributed by atoms with van der Waals surface area (Å²) < 4.78 is 39.8. The molecule has 3 rings (SSSR count). The van der Waals surface area contributed by atoms with E-state index in [2.05, 4.69) is 20.3 Å². The molecule has 2 aromatic heterocycles. The Kier molecular flexibility index (Phi) is 4.53. The van der Waals surface area contributed by atoms with Crippen LogP contribution < -0.4 is 5.32 Å². The summed E-state index contributed by atoms with van der Waals surface area (Å²) >= 11 is 0. The van der Waals surface area contributed by atoms with Gasteiger partial charge in [0.05, 0.1) is 22.5 Å². The highest BCUT2D eigenvalue weighted by molar-refractivity contribution is 5.90. The highest BCUT2D eigenvalue weighted by Crippen LogP contribution is 2.37. The fraction of sp³-hybridized carbons (Fsp3) is 0.0588. The molecule has 0 radical (unpaired) electrons. The average molecular weight is 360 g/mol. The minimum absolute atomic E-state index is 0.110. The van der Waals surface area contributed by atoms with E-state index in [9.17, 15) is 18.0 Å². The Morgan fingerprint density at radius 2 is 1.88 bits per heavy atom. The number of anilines is 2. The van der Waals surface area contributed by atoms with Gasteiger partial charge in [-0.1, -0.05) is 0 Å². The van der Waals surface area contributed by atoms with E-state index in [-0.39, 0.29) is 11.4 Å². The van der Waals surface area contributed by atoms with Gasteiger partial charge >= 0.3 is 12.1 Å². The van der Waals surface area contributed by atoms with Crippen LogP contribution in [0.2, 0.25) is 0 Å². The monoisotopic (exact) mass is 360 g/mol. The first-order valence-corrected chi connectivity index (χ1v) is 7.29. The number of carboxylic acids is 1. The van der Waals surface area contributed by atoms with Gasteiger partial charge in [0.25, 0.3) is 0 Å². The number of carbonyl (C=O) groups is 1. The minimum atomic E-state index is -4.66. The summed E-state index contributed by atoms with van der Waals surface area (Å²) in [6, 6.07) is 7.37. The summed E-state index contributed by atoms with van der Waals surface area (Å²) in [4.78, 5) is 23.0. The molecule has 0 aliphatic carbocycles. The van der Waals surface area contributed by atoms with Crippen molar-refractivity contribution >= 4 is 17.5 Å². The predicted octanol–water partition coefficient (Wildman–Crippen LogP) is 4.00. The number of halogens is 3. The topological polar surface area (TPSA) is 88.0 Å². The zero-order chi connectivity index (χ0) is 18.7. The van der Waals surface area contributed by atoms with E-state index >= 15 is 0 Å². The second kappa shape index (κ2) is 6.79. The molecule has 2 N–H and O–H groups in total. The first kappa shape index (κ1) is 17.3. The SMILES string of the molecule is O=C(O)c1ccc(C(F)(F)F)c(Nc2ncccc2-c2ccncn2)c1. The molecule has 9 heteroatoms. The Bertz CT molecular complexity index is 946.